The minimum atomic E-state index is -0.215. The average molecular weight is 314 g/mol. The van der Waals surface area contributed by atoms with E-state index in [-0.39, 0.29) is 18.7 Å². The van der Waals surface area contributed by atoms with Gasteiger partial charge in [-0.25, -0.2) is 9.48 Å². The maximum Gasteiger partial charge on any atom is 0.320 e. The van der Waals surface area contributed by atoms with Crippen LogP contribution in [0.4, 0.5) is 10.6 Å². The number of hydrogen-bond acceptors (Lipinski definition) is 3. The molecule has 1 aliphatic rings. The molecule has 2 amide bonds. The number of amides is 2. The van der Waals surface area contributed by atoms with Crippen molar-refractivity contribution in [3.05, 3.63) is 42.1 Å². The maximum atomic E-state index is 11.9. The van der Waals surface area contributed by atoms with Gasteiger partial charge in [0.05, 0.1) is 5.69 Å². The smallest absolute Gasteiger partial charge is 0.320 e. The lowest BCUT2D eigenvalue weighted by Gasteiger charge is -2.12. The Morgan fingerprint density at radius 1 is 1.35 bits per heavy atom. The Morgan fingerprint density at radius 2 is 2.09 bits per heavy atom. The van der Waals surface area contributed by atoms with Crippen LogP contribution in [-0.2, 0) is 6.42 Å². The van der Waals surface area contributed by atoms with Gasteiger partial charge < -0.3 is 10.4 Å². The number of carbonyl (C=O) groups is 1. The number of nitrogens with zero attached hydrogens (tertiary/aromatic N) is 2. The second kappa shape index (κ2) is 6.83. The second-order valence-corrected chi connectivity index (χ2v) is 6.01. The van der Waals surface area contributed by atoms with Gasteiger partial charge in [0.1, 0.15) is 0 Å². The van der Waals surface area contributed by atoms with Crippen LogP contribution in [0.1, 0.15) is 25.3 Å². The standard InChI is InChI=1S/C17H22N4O2/c1-12(14-4-5-14)18-17(23)19-16-8-10-21(20-16)15-6-2-13(3-7-15)9-11-22/h2-3,6-8,10,12,14,22H,4-5,9,11H2,1H3,(H2,18,19,20,23)/t12-/m0/s1. The predicted molar refractivity (Wildman–Crippen MR) is 88.7 cm³/mol. The molecule has 6 nitrogen and oxygen atoms in total. The third-order valence-corrected chi connectivity index (χ3v) is 4.12. The summed E-state index contributed by atoms with van der Waals surface area (Å²) in [5.74, 6) is 1.14. The van der Waals surface area contributed by atoms with Crippen molar-refractivity contribution in [1.29, 1.82) is 0 Å². The highest BCUT2D eigenvalue weighted by Gasteiger charge is 2.28. The lowest BCUT2D eigenvalue weighted by Crippen LogP contribution is -2.37. The van der Waals surface area contributed by atoms with Gasteiger partial charge in [-0.2, -0.15) is 0 Å². The fourth-order valence-electron chi connectivity index (χ4n) is 2.55. The average Bonchev–Trinajstić information content (AvgIpc) is 3.29. The Labute approximate surface area is 135 Å². The van der Waals surface area contributed by atoms with E-state index in [9.17, 15) is 4.79 Å². The molecule has 1 aliphatic carbocycles. The zero-order chi connectivity index (χ0) is 16.2. The summed E-state index contributed by atoms with van der Waals surface area (Å²) in [4.78, 5) is 11.9. The van der Waals surface area contributed by atoms with E-state index in [1.54, 1.807) is 16.9 Å². The molecule has 1 fully saturated rings. The first-order valence-corrected chi connectivity index (χ1v) is 7.99. The number of aromatic nitrogens is 2. The van der Waals surface area contributed by atoms with Crippen LogP contribution in [0.3, 0.4) is 0 Å². The quantitative estimate of drug-likeness (QED) is 0.765. The van der Waals surface area contributed by atoms with Crippen LogP contribution in [0, 0.1) is 5.92 Å². The largest absolute Gasteiger partial charge is 0.396 e. The number of nitrogens with one attached hydrogen (secondary N) is 2. The summed E-state index contributed by atoms with van der Waals surface area (Å²) >= 11 is 0. The summed E-state index contributed by atoms with van der Waals surface area (Å²) in [6.07, 6.45) is 4.84. The molecule has 1 aromatic carbocycles. The van der Waals surface area contributed by atoms with Gasteiger partial charge >= 0.3 is 6.03 Å². The van der Waals surface area contributed by atoms with Gasteiger partial charge in [-0.05, 0) is 49.8 Å². The molecule has 0 spiro atoms. The minimum Gasteiger partial charge on any atom is -0.396 e. The van der Waals surface area contributed by atoms with Crippen LogP contribution in [-0.4, -0.2) is 33.6 Å². The fourth-order valence-corrected chi connectivity index (χ4v) is 2.55. The number of anilines is 1. The van der Waals surface area contributed by atoms with Gasteiger partial charge in [-0.3, -0.25) is 5.32 Å². The summed E-state index contributed by atoms with van der Waals surface area (Å²) in [7, 11) is 0. The number of carbonyl (C=O) groups excluding carboxylic acids is 1. The number of aliphatic hydroxyl groups excluding tert-OH is 1. The highest BCUT2D eigenvalue weighted by Crippen LogP contribution is 2.32. The molecule has 23 heavy (non-hydrogen) atoms. The Bertz CT molecular complexity index is 661. The molecule has 0 bridgehead atoms. The van der Waals surface area contributed by atoms with Gasteiger partial charge in [0.15, 0.2) is 5.82 Å². The van der Waals surface area contributed by atoms with Crippen LogP contribution >= 0.6 is 0 Å². The fraction of sp³-hybridized carbons (Fsp3) is 0.412. The van der Waals surface area contributed by atoms with Crippen molar-refractivity contribution < 1.29 is 9.90 Å². The SMILES string of the molecule is C[C@H](NC(=O)Nc1ccn(-c2ccc(CCO)cc2)n1)C1CC1. The van der Waals surface area contributed by atoms with E-state index < -0.39 is 0 Å². The van der Waals surface area contributed by atoms with E-state index in [0.29, 0.717) is 18.2 Å². The molecule has 2 aromatic rings. The van der Waals surface area contributed by atoms with Gasteiger partial charge in [0.25, 0.3) is 0 Å². The zero-order valence-electron chi connectivity index (χ0n) is 13.2. The number of rotatable bonds is 6. The molecule has 1 heterocycles. The molecule has 0 radical (unpaired) electrons. The molecule has 0 unspecified atom stereocenters. The summed E-state index contributed by atoms with van der Waals surface area (Å²) in [6, 6.07) is 9.57. The van der Waals surface area contributed by atoms with Gasteiger partial charge in [0, 0.05) is 24.9 Å². The van der Waals surface area contributed by atoms with E-state index in [2.05, 4.69) is 15.7 Å². The van der Waals surface area contributed by atoms with Crippen LogP contribution in [0.2, 0.25) is 0 Å². The highest BCUT2D eigenvalue weighted by molar-refractivity contribution is 5.88. The molecule has 122 valence electrons. The Balaban J connectivity index is 1.59. The number of urea groups is 1. The van der Waals surface area contributed by atoms with Crippen molar-refractivity contribution >= 4 is 11.8 Å². The third-order valence-electron chi connectivity index (χ3n) is 4.12. The predicted octanol–water partition coefficient (Wildman–Crippen LogP) is 2.33. The normalized spacial score (nSPS) is 15.2. The molecule has 3 N–H and O–H groups in total. The molecular formula is C17H22N4O2. The molecule has 0 saturated heterocycles. The van der Waals surface area contributed by atoms with Gasteiger partial charge in [0.2, 0.25) is 0 Å². The van der Waals surface area contributed by atoms with Crippen molar-refractivity contribution in [2.75, 3.05) is 11.9 Å². The summed E-state index contributed by atoms with van der Waals surface area (Å²) in [5.41, 5.74) is 1.99. The monoisotopic (exact) mass is 314 g/mol. The van der Waals surface area contributed by atoms with Crippen LogP contribution < -0.4 is 10.6 Å². The van der Waals surface area contributed by atoms with E-state index >= 15 is 0 Å². The topological polar surface area (TPSA) is 79.2 Å². The van der Waals surface area contributed by atoms with E-state index in [0.717, 1.165) is 11.3 Å². The molecule has 0 aliphatic heterocycles. The Morgan fingerprint density at radius 3 is 2.74 bits per heavy atom. The molecule has 1 aromatic heterocycles. The van der Waals surface area contributed by atoms with Crippen LogP contribution in [0.5, 0.6) is 0 Å². The Kier molecular flexibility index (Phi) is 4.62. The minimum absolute atomic E-state index is 0.142. The van der Waals surface area contributed by atoms with E-state index in [1.165, 1.54) is 12.8 Å². The second-order valence-electron chi connectivity index (χ2n) is 6.01. The van der Waals surface area contributed by atoms with Crippen molar-refractivity contribution in [2.24, 2.45) is 5.92 Å². The van der Waals surface area contributed by atoms with E-state index in [4.69, 9.17) is 5.11 Å². The first-order valence-electron chi connectivity index (χ1n) is 7.99. The van der Waals surface area contributed by atoms with E-state index in [1.807, 2.05) is 31.2 Å². The molecule has 6 heteroatoms. The molecular weight excluding hydrogens is 292 g/mol. The van der Waals surface area contributed by atoms with Crippen molar-refractivity contribution in [3.8, 4) is 5.69 Å². The first-order chi connectivity index (χ1) is 11.2. The lowest BCUT2D eigenvalue weighted by molar-refractivity contribution is 0.248. The number of aliphatic hydroxyl groups is 1. The van der Waals surface area contributed by atoms with Gasteiger partial charge in [-0.1, -0.05) is 12.1 Å². The van der Waals surface area contributed by atoms with Crippen molar-refractivity contribution in [1.82, 2.24) is 15.1 Å². The Hall–Kier alpha value is -2.34. The third kappa shape index (κ3) is 4.10. The molecule has 1 atom stereocenters. The van der Waals surface area contributed by atoms with Crippen LogP contribution in [0.15, 0.2) is 36.5 Å². The van der Waals surface area contributed by atoms with Gasteiger partial charge in [-0.15, -0.1) is 5.10 Å². The van der Waals surface area contributed by atoms with Crippen molar-refractivity contribution in [2.45, 2.75) is 32.2 Å². The highest BCUT2D eigenvalue weighted by atomic mass is 16.3. The number of benzene rings is 1. The maximum absolute atomic E-state index is 11.9. The number of hydrogen-bond donors (Lipinski definition) is 3. The summed E-state index contributed by atoms with van der Waals surface area (Å²) in [5, 5.41) is 19.0. The summed E-state index contributed by atoms with van der Waals surface area (Å²) < 4.78 is 1.71. The summed E-state index contributed by atoms with van der Waals surface area (Å²) in [6.45, 7) is 2.17. The zero-order valence-corrected chi connectivity index (χ0v) is 13.2. The first kappa shape index (κ1) is 15.6. The molecule has 1 saturated carbocycles. The molecule has 3 rings (SSSR count). The van der Waals surface area contributed by atoms with Crippen LogP contribution in [0.25, 0.3) is 5.69 Å². The van der Waals surface area contributed by atoms with Crippen molar-refractivity contribution in [3.63, 3.8) is 0 Å². The lowest BCUT2D eigenvalue weighted by atomic mass is 10.1.